The van der Waals surface area contributed by atoms with Crippen molar-refractivity contribution in [3.63, 3.8) is 0 Å². The van der Waals surface area contributed by atoms with Gasteiger partial charge in [-0.25, -0.2) is 9.97 Å². The number of aromatic nitrogens is 3. The number of nitrogens with two attached hydrogens (primary N) is 1. The summed E-state index contributed by atoms with van der Waals surface area (Å²) in [5.74, 6) is 0.161. The average molecular weight is 440 g/mol. The van der Waals surface area contributed by atoms with Crippen molar-refractivity contribution in [3.8, 4) is 0 Å². The Morgan fingerprint density at radius 1 is 1.00 bits per heavy atom. The van der Waals surface area contributed by atoms with Gasteiger partial charge < -0.3 is 11.1 Å². The number of nitrogen functional groups attached to an aromatic ring is 1. The van der Waals surface area contributed by atoms with Crippen LogP contribution in [0.1, 0.15) is 32.7 Å². The smallest absolute Gasteiger partial charge is 0.258 e. The number of anilines is 2. The summed E-state index contributed by atoms with van der Waals surface area (Å²) in [6, 6.07) is 14.5. The van der Waals surface area contributed by atoms with Crippen LogP contribution < -0.4 is 11.1 Å². The number of nitrogens with zero attached hydrogens (tertiary/aromatic N) is 3. The van der Waals surface area contributed by atoms with Gasteiger partial charge in [-0.2, -0.15) is 0 Å². The highest BCUT2D eigenvalue weighted by molar-refractivity contribution is 7.18. The number of fused-ring (bicyclic) bond motifs is 2. The van der Waals surface area contributed by atoms with Crippen molar-refractivity contribution in [1.29, 1.82) is 0 Å². The lowest BCUT2D eigenvalue weighted by molar-refractivity contribution is 0.102. The van der Waals surface area contributed by atoms with Gasteiger partial charge in [0.2, 0.25) is 0 Å². The van der Waals surface area contributed by atoms with E-state index in [4.69, 9.17) is 5.73 Å². The van der Waals surface area contributed by atoms with Crippen molar-refractivity contribution >= 4 is 49.7 Å². The van der Waals surface area contributed by atoms with Crippen LogP contribution in [0.5, 0.6) is 0 Å². The standard InChI is InChI=1S/C25H21N5OS/c1-14-3-6-16(7-4-14)11-20-17-8-5-15(2)21(18(17)9-10-27-20)30-25(31)19-12-32-23-22(19)28-13-29-24(23)26/h3-10,12-13H,11H2,1-2H3,(H,30,31)(H2,26,28,29). The van der Waals surface area contributed by atoms with Crippen LogP contribution in [0.15, 0.2) is 60.4 Å². The molecule has 0 aliphatic rings. The molecule has 0 fully saturated rings. The molecule has 7 heteroatoms. The summed E-state index contributed by atoms with van der Waals surface area (Å²) in [6.07, 6.45) is 3.90. The van der Waals surface area contributed by atoms with Gasteiger partial charge in [-0.1, -0.05) is 42.0 Å². The van der Waals surface area contributed by atoms with Crippen molar-refractivity contribution in [2.45, 2.75) is 20.3 Å². The van der Waals surface area contributed by atoms with E-state index >= 15 is 0 Å². The Kier molecular flexibility index (Phi) is 5.03. The van der Waals surface area contributed by atoms with E-state index < -0.39 is 0 Å². The number of carbonyl (C=O) groups excluding carboxylic acids is 1. The first-order chi connectivity index (χ1) is 15.5. The molecule has 0 spiro atoms. The Morgan fingerprint density at radius 3 is 2.62 bits per heavy atom. The van der Waals surface area contributed by atoms with Crippen molar-refractivity contribution in [1.82, 2.24) is 15.0 Å². The van der Waals surface area contributed by atoms with Crippen LogP contribution in [0.2, 0.25) is 0 Å². The largest absolute Gasteiger partial charge is 0.382 e. The van der Waals surface area contributed by atoms with E-state index in [1.165, 1.54) is 28.8 Å². The minimum absolute atomic E-state index is 0.221. The summed E-state index contributed by atoms with van der Waals surface area (Å²) in [5, 5.41) is 6.86. The van der Waals surface area contributed by atoms with Crippen LogP contribution in [-0.4, -0.2) is 20.9 Å². The predicted octanol–water partition coefficient (Wildman–Crippen LogP) is 5.28. The van der Waals surface area contributed by atoms with Crippen molar-refractivity contribution < 1.29 is 4.79 Å². The zero-order chi connectivity index (χ0) is 22.2. The topological polar surface area (TPSA) is 93.8 Å². The number of carbonyl (C=O) groups is 1. The lowest BCUT2D eigenvalue weighted by Gasteiger charge is -2.14. The van der Waals surface area contributed by atoms with Crippen LogP contribution in [0.4, 0.5) is 11.5 Å². The highest BCUT2D eigenvalue weighted by Gasteiger charge is 2.18. The molecule has 2 aromatic carbocycles. The zero-order valence-electron chi connectivity index (χ0n) is 17.7. The average Bonchev–Trinajstić information content (AvgIpc) is 3.23. The molecule has 5 aromatic rings. The van der Waals surface area contributed by atoms with Crippen molar-refractivity contribution in [2.24, 2.45) is 0 Å². The quantitative estimate of drug-likeness (QED) is 0.397. The van der Waals surface area contributed by atoms with Gasteiger partial charge in [-0.15, -0.1) is 11.3 Å². The van der Waals surface area contributed by atoms with E-state index in [1.54, 1.807) is 11.6 Å². The molecule has 1 amide bonds. The Bertz CT molecular complexity index is 1470. The summed E-state index contributed by atoms with van der Waals surface area (Å²) in [7, 11) is 0. The fraction of sp³-hybridized carbons (Fsp3) is 0.120. The monoisotopic (exact) mass is 439 g/mol. The predicted molar refractivity (Wildman–Crippen MR) is 130 cm³/mol. The molecule has 0 bridgehead atoms. The lowest BCUT2D eigenvalue weighted by atomic mass is 10.00. The van der Waals surface area contributed by atoms with Gasteiger partial charge in [0.15, 0.2) is 0 Å². The van der Waals surface area contributed by atoms with Crippen LogP contribution in [-0.2, 0) is 6.42 Å². The molecule has 3 N–H and O–H groups in total. The molecular weight excluding hydrogens is 418 g/mol. The minimum atomic E-state index is -0.221. The minimum Gasteiger partial charge on any atom is -0.382 e. The van der Waals surface area contributed by atoms with E-state index in [1.807, 2.05) is 19.1 Å². The van der Waals surface area contributed by atoms with Gasteiger partial charge in [0.1, 0.15) is 12.1 Å². The maximum atomic E-state index is 13.2. The number of hydrogen-bond acceptors (Lipinski definition) is 6. The fourth-order valence-electron chi connectivity index (χ4n) is 3.84. The second kappa shape index (κ2) is 8.01. The third-order valence-corrected chi connectivity index (χ3v) is 6.58. The molecule has 6 nitrogen and oxygen atoms in total. The number of aryl methyl sites for hydroxylation is 2. The lowest BCUT2D eigenvalue weighted by Crippen LogP contribution is -2.13. The summed E-state index contributed by atoms with van der Waals surface area (Å²) < 4.78 is 0.719. The number of thiophene rings is 1. The number of amides is 1. The molecule has 0 aliphatic heterocycles. The van der Waals surface area contributed by atoms with Crippen LogP contribution >= 0.6 is 11.3 Å². The highest BCUT2D eigenvalue weighted by atomic mass is 32.1. The molecule has 32 heavy (non-hydrogen) atoms. The SMILES string of the molecule is Cc1ccc(Cc2nccc3c(NC(=O)c4csc5c(N)ncnc45)c(C)ccc23)cc1. The first-order valence-corrected chi connectivity index (χ1v) is 11.1. The van der Waals surface area contributed by atoms with E-state index in [2.05, 4.69) is 57.5 Å². The van der Waals surface area contributed by atoms with Gasteiger partial charge in [-0.05, 0) is 31.0 Å². The molecule has 3 heterocycles. The second-order valence-electron chi connectivity index (χ2n) is 7.81. The molecule has 0 unspecified atom stereocenters. The molecule has 0 radical (unpaired) electrons. The van der Waals surface area contributed by atoms with E-state index in [0.29, 0.717) is 16.9 Å². The Hall–Kier alpha value is -3.84. The highest BCUT2D eigenvalue weighted by Crippen LogP contribution is 2.32. The summed E-state index contributed by atoms with van der Waals surface area (Å²) in [4.78, 5) is 26.1. The molecule has 5 rings (SSSR count). The van der Waals surface area contributed by atoms with Gasteiger partial charge in [-0.3, -0.25) is 9.78 Å². The first-order valence-electron chi connectivity index (χ1n) is 10.2. The number of hydrogen-bond donors (Lipinski definition) is 2. The number of benzene rings is 2. The summed E-state index contributed by atoms with van der Waals surface area (Å²) in [5.41, 5.74) is 12.1. The van der Waals surface area contributed by atoms with Gasteiger partial charge in [0.25, 0.3) is 5.91 Å². The Labute approximate surface area is 189 Å². The second-order valence-corrected chi connectivity index (χ2v) is 8.69. The van der Waals surface area contributed by atoms with Gasteiger partial charge >= 0.3 is 0 Å². The van der Waals surface area contributed by atoms with Crippen LogP contribution in [0.25, 0.3) is 21.0 Å². The molecule has 158 valence electrons. The number of pyridine rings is 1. The Balaban J connectivity index is 1.53. The summed E-state index contributed by atoms with van der Waals surface area (Å²) in [6.45, 7) is 4.07. The van der Waals surface area contributed by atoms with Crippen molar-refractivity contribution in [3.05, 3.63) is 88.3 Å². The van der Waals surface area contributed by atoms with E-state index in [0.717, 1.165) is 38.8 Å². The third kappa shape index (κ3) is 3.56. The maximum absolute atomic E-state index is 13.2. The normalized spacial score (nSPS) is 11.2. The molecule has 3 aromatic heterocycles. The maximum Gasteiger partial charge on any atom is 0.258 e. The first kappa shape index (κ1) is 20.1. The number of rotatable bonds is 4. The molecule has 0 atom stereocenters. The van der Waals surface area contributed by atoms with Crippen LogP contribution in [0, 0.1) is 13.8 Å². The fourth-order valence-corrected chi connectivity index (χ4v) is 4.74. The Morgan fingerprint density at radius 2 is 1.81 bits per heavy atom. The van der Waals surface area contributed by atoms with E-state index in [9.17, 15) is 4.79 Å². The zero-order valence-corrected chi connectivity index (χ0v) is 18.5. The van der Waals surface area contributed by atoms with Gasteiger partial charge in [0, 0.05) is 28.8 Å². The summed E-state index contributed by atoms with van der Waals surface area (Å²) >= 11 is 1.37. The molecule has 0 aliphatic carbocycles. The van der Waals surface area contributed by atoms with E-state index in [-0.39, 0.29) is 5.91 Å². The number of nitrogens with one attached hydrogen (secondary N) is 1. The third-order valence-electron chi connectivity index (χ3n) is 5.59. The molecule has 0 saturated carbocycles. The molecular formula is C25H21N5OS. The van der Waals surface area contributed by atoms with Crippen molar-refractivity contribution in [2.75, 3.05) is 11.1 Å². The molecule has 0 saturated heterocycles. The van der Waals surface area contributed by atoms with Gasteiger partial charge in [0.05, 0.1) is 27.2 Å². The van der Waals surface area contributed by atoms with Crippen LogP contribution in [0.3, 0.4) is 0 Å².